The summed E-state index contributed by atoms with van der Waals surface area (Å²) in [6, 6.07) is 0. The largest absolute Gasteiger partial charge is 0.449 e. The van der Waals surface area contributed by atoms with Crippen LogP contribution in [0.4, 0.5) is 4.79 Å². The molecule has 5 heteroatoms. The first-order chi connectivity index (χ1) is 7.61. The lowest BCUT2D eigenvalue weighted by Crippen LogP contribution is -2.35. The Morgan fingerprint density at radius 1 is 1.44 bits per heavy atom. The van der Waals surface area contributed by atoms with Gasteiger partial charge in [-0.05, 0) is 12.8 Å². The van der Waals surface area contributed by atoms with Gasteiger partial charge in [0.1, 0.15) is 6.29 Å². The van der Waals surface area contributed by atoms with E-state index in [1.54, 1.807) is 6.92 Å². The molecule has 0 aromatic rings. The van der Waals surface area contributed by atoms with E-state index in [0.717, 1.165) is 19.1 Å². The maximum absolute atomic E-state index is 11.4. The highest BCUT2D eigenvalue weighted by molar-refractivity contribution is 5.92. The zero-order chi connectivity index (χ0) is 12.4. The molecular formula is C11H19NO4. The van der Waals surface area contributed by atoms with Gasteiger partial charge < -0.3 is 9.53 Å². The zero-order valence-electron chi connectivity index (χ0n) is 9.82. The lowest BCUT2D eigenvalue weighted by molar-refractivity contribution is -0.124. The van der Waals surface area contributed by atoms with Gasteiger partial charge in [0.2, 0.25) is 5.91 Å². The fraction of sp³-hybridized carbons (Fsp3) is 0.727. The normalized spacial score (nSPS) is 11.6. The highest BCUT2D eigenvalue weighted by Gasteiger charge is 2.15. The average molecular weight is 229 g/mol. The van der Waals surface area contributed by atoms with Crippen molar-refractivity contribution in [1.82, 2.24) is 5.32 Å². The van der Waals surface area contributed by atoms with Crippen molar-refractivity contribution in [1.29, 1.82) is 0 Å². The third-order valence-electron chi connectivity index (χ3n) is 2.12. The summed E-state index contributed by atoms with van der Waals surface area (Å²) in [5, 5.41) is 2.13. The number of alkyl carbamates (subject to hydrolysis) is 1. The minimum Gasteiger partial charge on any atom is -0.449 e. The summed E-state index contributed by atoms with van der Waals surface area (Å²) < 4.78 is 4.77. The molecule has 0 aliphatic carbocycles. The lowest BCUT2D eigenvalue weighted by Gasteiger charge is -2.09. The van der Waals surface area contributed by atoms with Crippen LogP contribution in [0.15, 0.2) is 0 Å². The van der Waals surface area contributed by atoms with Gasteiger partial charge in [-0.1, -0.05) is 20.3 Å². The topological polar surface area (TPSA) is 72.5 Å². The van der Waals surface area contributed by atoms with Gasteiger partial charge in [0.25, 0.3) is 0 Å². The number of carbonyl (C=O) groups excluding carboxylic acids is 3. The van der Waals surface area contributed by atoms with E-state index in [0.29, 0.717) is 19.4 Å². The Balaban J connectivity index is 3.76. The minimum atomic E-state index is -0.712. The second-order valence-electron chi connectivity index (χ2n) is 3.62. The number of imide groups is 1. The second-order valence-corrected chi connectivity index (χ2v) is 3.62. The van der Waals surface area contributed by atoms with Crippen LogP contribution < -0.4 is 5.32 Å². The van der Waals surface area contributed by atoms with Gasteiger partial charge in [0, 0.05) is 12.3 Å². The van der Waals surface area contributed by atoms with Crippen LogP contribution >= 0.6 is 0 Å². The molecule has 0 aromatic carbocycles. The summed E-state index contributed by atoms with van der Waals surface area (Å²) in [7, 11) is 0. The SMILES string of the molecule is CCCCOC(=O)NC(=O)C(C)CCC=O. The Kier molecular flexibility index (Phi) is 8.11. The van der Waals surface area contributed by atoms with Crippen LogP contribution in [0.25, 0.3) is 0 Å². The molecule has 1 unspecified atom stereocenters. The molecule has 0 fully saturated rings. The summed E-state index contributed by atoms with van der Waals surface area (Å²) in [6.07, 6.45) is 2.51. The van der Waals surface area contributed by atoms with Gasteiger partial charge >= 0.3 is 6.09 Å². The van der Waals surface area contributed by atoms with Crippen molar-refractivity contribution in [2.75, 3.05) is 6.61 Å². The van der Waals surface area contributed by atoms with E-state index in [-0.39, 0.29) is 5.92 Å². The average Bonchev–Trinajstić information content (AvgIpc) is 2.26. The Morgan fingerprint density at radius 2 is 2.12 bits per heavy atom. The minimum absolute atomic E-state index is 0.318. The molecule has 0 aromatic heterocycles. The Morgan fingerprint density at radius 3 is 2.69 bits per heavy atom. The molecule has 1 atom stereocenters. The van der Waals surface area contributed by atoms with E-state index >= 15 is 0 Å². The molecule has 1 N–H and O–H groups in total. The van der Waals surface area contributed by atoms with Crippen molar-refractivity contribution in [2.45, 2.75) is 39.5 Å². The van der Waals surface area contributed by atoms with Crippen molar-refractivity contribution >= 4 is 18.3 Å². The Labute approximate surface area is 95.5 Å². The number of hydrogen-bond donors (Lipinski definition) is 1. The number of unbranched alkanes of at least 4 members (excludes halogenated alkanes) is 1. The maximum Gasteiger partial charge on any atom is 0.413 e. The van der Waals surface area contributed by atoms with Crippen LogP contribution in [0, 0.1) is 5.92 Å². The van der Waals surface area contributed by atoms with Gasteiger partial charge in [-0.15, -0.1) is 0 Å². The molecular weight excluding hydrogens is 210 g/mol. The second kappa shape index (κ2) is 8.88. The van der Waals surface area contributed by atoms with Gasteiger partial charge in [0.05, 0.1) is 6.61 Å². The zero-order valence-corrected chi connectivity index (χ0v) is 9.82. The van der Waals surface area contributed by atoms with E-state index in [2.05, 4.69) is 5.32 Å². The monoisotopic (exact) mass is 229 g/mol. The molecule has 0 bridgehead atoms. The number of nitrogens with one attached hydrogen (secondary N) is 1. The van der Waals surface area contributed by atoms with Crippen LogP contribution in [0.2, 0.25) is 0 Å². The van der Waals surface area contributed by atoms with Crippen LogP contribution in [0.1, 0.15) is 39.5 Å². The lowest BCUT2D eigenvalue weighted by atomic mass is 10.1. The van der Waals surface area contributed by atoms with Crippen LogP contribution in [-0.4, -0.2) is 24.9 Å². The molecule has 0 saturated carbocycles. The molecule has 16 heavy (non-hydrogen) atoms. The number of aldehydes is 1. The first-order valence-corrected chi connectivity index (χ1v) is 5.53. The van der Waals surface area contributed by atoms with Crippen LogP contribution in [-0.2, 0) is 14.3 Å². The molecule has 0 radical (unpaired) electrons. The number of rotatable bonds is 7. The van der Waals surface area contributed by atoms with Crippen molar-refractivity contribution in [3.8, 4) is 0 Å². The maximum atomic E-state index is 11.4. The predicted octanol–water partition coefficient (Wildman–Crippen LogP) is 1.65. The molecule has 0 saturated heterocycles. The third kappa shape index (κ3) is 6.98. The first kappa shape index (κ1) is 14.6. The summed E-state index contributed by atoms with van der Waals surface area (Å²) in [6.45, 7) is 3.96. The highest BCUT2D eigenvalue weighted by atomic mass is 16.5. The summed E-state index contributed by atoms with van der Waals surface area (Å²) in [5.74, 6) is -0.757. The summed E-state index contributed by atoms with van der Waals surface area (Å²) in [5.41, 5.74) is 0. The quantitative estimate of drug-likeness (QED) is 0.532. The summed E-state index contributed by atoms with van der Waals surface area (Å²) >= 11 is 0. The molecule has 0 heterocycles. The summed E-state index contributed by atoms with van der Waals surface area (Å²) in [4.78, 5) is 32.6. The Bertz CT molecular complexity index is 240. The smallest absolute Gasteiger partial charge is 0.413 e. The van der Waals surface area contributed by atoms with E-state index in [1.807, 2.05) is 6.92 Å². The molecule has 5 nitrogen and oxygen atoms in total. The van der Waals surface area contributed by atoms with E-state index in [1.165, 1.54) is 0 Å². The molecule has 2 amide bonds. The number of hydrogen-bond acceptors (Lipinski definition) is 4. The number of carbonyl (C=O) groups is 3. The predicted molar refractivity (Wildman–Crippen MR) is 58.9 cm³/mol. The van der Waals surface area contributed by atoms with Crippen LogP contribution in [0.5, 0.6) is 0 Å². The number of amides is 2. The van der Waals surface area contributed by atoms with Crippen molar-refractivity contribution in [2.24, 2.45) is 5.92 Å². The third-order valence-corrected chi connectivity index (χ3v) is 2.12. The van der Waals surface area contributed by atoms with Gasteiger partial charge in [-0.25, -0.2) is 4.79 Å². The van der Waals surface area contributed by atoms with Crippen molar-refractivity contribution < 1.29 is 19.1 Å². The Hall–Kier alpha value is -1.39. The van der Waals surface area contributed by atoms with Crippen molar-refractivity contribution in [3.63, 3.8) is 0 Å². The molecule has 0 rings (SSSR count). The van der Waals surface area contributed by atoms with Gasteiger partial charge in [-0.3, -0.25) is 10.1 Å². The molecule has 0 aliphatic rings. The molecule has 0 spiro atoms. The van der Waals surface area contributed by atoms with Crippen molar-refractivity contribution in [3.05, 3.63) is 0 Å². The highest BCUT2D eigenvalue weighted by Crippen LogP contribution is 2.03. The molecule has 92 valence electrons. The first-order valence-electron chi connectivity index (χ1n) is 5.53. The standard InChI is InChI=1S/C11H19NO4/c1-3-4-8-16-11(15)12-10(14)9(2)6-5-7-13/h7,9H,3-6,8H2,1-2H3,(H,12,14,15). The molecule has 0 aliphatic heterocycles. The van der Waals surface area contributed by atoms with E-state index in [9.17, 15) is 14.4 Å². The van der Waals surface area contributed by atoms with Gasteiger partial charge in [-0.2, -0.15) is 0 Å². The van der Waals surface area contributed by atoms with Crippen LogP contribution in [0.3, 0.4) is 0 Å². The van der Waals surface area contributed by atoms with E-state index in [4.69, 9.17) is 4.74 Å². The number of ether oxygens (including phenoxy) is 1. The van der Waals surface area contributed by atoms with E-state index < -0.39 is 12.0 Å². The fourth-order valence-corrected chi connectivity index (χ4v) is 1.02. The fourth-order valence-electron chi connectivity index (χ4n) is 1.02. The van der Waals surface area contributed by atoms with Gasteiger partial charge in [0.15, 0.2) is 0 Å².